The van der Waals surface area contributed by atoms with Crippen LogP contribution in [0.3, 0.4) is 0 Å². The predicted octanol–water partition coefficient (Wildman–Crippen LogP) is -0.242. The SMILES string of the molecule is COC1OC(C)=CC(O)C1NC(C)=O. The number of amides is 1. The molecular weight excluding hydrogens is 186 g/mol. The number of nitrogens with one attached hydrogen (secondary N) is 1. The molecule has 0 aromatic rings. The van der Waals surface area contributed by atoms with Crippen molar-refractivity contribution in [3.05, 3.63) is 11.8 Å². The van der Waals surface area contributed by atoms with Gasteiger partial charge in [-0.2, -0.15) is 0 Å². The lowest BCUT2D eigenvalue weighted by Crippen LogP contribution is -2.53. The first-order chi connectivity index (χ1) is 6.54. The molecule has 1 amide bonds. The Morgan fingerprint density at radius 3 is 2.86 bits per heavy atom. The first-order valence-electron chi connectivity index (χ1n) is 4.37. The molecule has 0 aliphatic carbocycles. The Morgan fingerprint density at radius 2 is 2.36 bits per heavy atom. The number of methoxy groups -OCH3 is 1. The number of carbonyl (C=O) groups excluding carboxylic acids is 1. The van der Waals surface area contributed by atoms with Gasteiger partial charge in [0.1, 0.15) is 12.1 Å². The van der Waals surface area contributed by atoms with Crippen LogP contribution in [0.2, 0.25) is 0 Å². The van der Waals surface area contributed by atoms with Gasteiger partial charge in [-0.05, 0) is 13.0 Å². The second kappa shape index (κ2) is 4.43. The standard InChI is InChI=1S/C9H15NO4/c1-5-4-7(12)8(10-6(2)11)9(13-3)14-5/h4,7-9,12H,1-3H3,(H,10,11). The van der Waals surface area contributed by atoms with Crippen molar-refractivity contribution in [2.45, 2.75) is 32.3 Å². The molecule has 80 valence electrons. The van der Waals surface area contributed by atoms with Crippen LogP contribution < -0.4 is 5.32 Å². The summed E-state index contributed by atoms with van der Waals surface area (Å²) in [5.74, 6) is 0.360. The van der Waals surface area contributed by atoms with E-state index in [9.17, 15) is 9.90 Å². The third-order valence-corrected chi connectivity index (χ3v) is 1.97. The van der Waals surface area contributed by atoms with E-state index in [1.807, 2.05) is 0 Å². The van der Waals surface area contributed by atoms with Crippen molar-refractivity contribution < 1.29 is 19.4 Å². The van der Waals surface area contributed by atoms with Crippen LogP contribution in [-0.2, 0) is 14.3 Å². The van der Waals surface area contributed by atoms with E-state index in [1.54, 1.807) is 6.92 Å². The Bertz CT molecular complexity index is 251. The second-order valence-electron chi connectivity index (χ2n) is 3.22. The summed E-state index contributed by atoms with van der Waals surface area (Å²) in [6.45, 7) is 3.10. The molecule has 5 heteroatoms. The Morgan fingerprint density at radius 1 is 1.71 bits per heavy atom. The zero-order chi connectivity index (χ0) is 10.7. The average molecular weight is 201 g/mol. The summed E-state index contributed by atoms with van der Waals surface area (Å²) in [5, 5.41) is 12.2. The quantitative estimate of drug-likeness (QED) is 0.647. The van der Waals surface area contributed by atoms with Crippen LogP contribution in [-0.4, -0.2) is 36.6 Å². The molecule has 0 spiro atoms. The van der Waals surface area contributed by atoms with Crippen LogP contribution in [0.25, 0.3) is 0 Å². The van der Waals surface area contributed by atoms with Gasteiger partial charge in [0.05, 0.1) is 5.76 Å². The predicted molar refractivity (Wildman–Crippen MR) is 49.3 cm³/mol. The lowest BCUT2D eigenvalue weighted by atomic mass is 10.1. The van der Waals surface area contributed by atoms with Gasteiger partial charge in [-0.3, -0.25) is 4.79 Å². The molecule has 0 bridgehead atoms. The van der Waals surface area contributed by atoms with Gasteiger partial charge in [0.25, 0.3) is 0 Å². The molecule has 14 heavy (non-hydrogen) atoms. The number of hydrogen-bond acceptors (Lipinski definition) is 4. The van der Waals surface area contributed by atoms with Gasteiger partial charge in [0.15, 0.2) is 0 Å². The third kappa shape index (κ3) is 2.46. The van der Waals surface area contributed by atoms with Crippen LogP contribution in [0.4, 0.5) is 0 Å². The van der Waals surface area contributed by atoms with E-state index in [4.69, 9.17) is 9.47 Å². The van der Waals surface area contributed by atoms with Gasteiger partial charge in [-0.15, -0.1) is 0 Å². The maximum Gasteiger partial charge on any atom is 0.222 e. The fourth-order valence-corrected chi connectivity index (χ4v) is 1.38. The molecule has 5 nitrogen and oxygen atoms in total. The number of ether oxygens (including phenoxy) is 2. The number of carbonyl (C=O) groups is 1. The molecule has 1 rings (SSSR count). The topological polar surface area (TPSA) is 67.8 Å². The minimum Gasteiger partial charge on any atom is -0.467 e. The molecule has 1 aliphatic rings. The zero-order valence-corrected chi connectivity index (χ0v) is 8.48. The molecule has 0 fully saturated rings. The summed E-state index contributed by atoms with van der Waals surface area (Å²) in [4.78, 5) is 10.8. The van der Waals surface area contributed by atoms with E-state index >= 15 is 0 Å². The molecular formula is C9H15NO4. The first-order valence-corrected chi connectivity index (χ1v) is 4.37. The molecule has 2 N–H and O–H groups in total. The van der Waals surface area contributed by atoms with Crippen LogP contribution in [0.15, 0.2) is 11.8 Å². The molecule has 1 aliphatic heterocycles. The smallest absolute Gasteiger partial charge is 0.222 e. The Balaban J connectivity index is 2.74. The van der Waals surface area contributed by atoms with Crippen molar-refractivity contribution in [1.29, 1.82) is 0 Å². The summed E-state index contributed by atoms with van der Waals surface area (Å²) < 4.78 is 10.3. The molecule has 0 aromatic heterocycles. The largest absolute Gasteiger partial charge is 0.467 e. The molecule has 0 saturated carbocycles. The maximum absolute atomic E-state index is 10.8. The Hall–Kier alpha value is -1.07. The van der Waals surface area contributed by atoms with Gasteiger partial charge < -0.3 is 19.9 Å². The molecule has 0 aromatic carbocycles. The van der Waals surface area contributed by atoms with Crippen molar-refractivity contribution in [2.75, 3.05) is 7.11 Å². The van der Waals surface area contributed by atoms with E-state index < -0.39 is 18.4 Å². The van der Waals surface area contributed by atoms with Crippen molar-refractivity contribution in [3.63, 3.8) is 0 Å². The number of rotatable bonds is 2. The minimum absolute atomic E-state index is 0.229. The lowest BCUT2D eigenvalue weighted by molar-refractivity contribution is -0.150. The maximum atomic E-state index is 10.8. The van der Waals surface area contributed by atoms with Crippen molar-refractivity contribution in [3.8, 4) is 0 Å². The molecule has 0 saturated heterocycles. The van der Waals surface area contributed by atoms with Gasteiger partial charge in [-0.1, -0.05) is 0 Å². The van der Waals surface area contributed by atoms with E-state index in [0.29, 0.717) is 5.76 Å². The molecule has 0 radical (unpaired) electrons. The van der Waals surface area contributed by atoms with Crippen molar-refractivity contribution in [1.82, 2.24) is 5.32 Å². The van der Waals surface area contributed by atoms with E-state index in [-0.39, 0.29) is 5.91 Å². The third-order valence-electron chi connectivity index (χ3n) is 1.97. The average Bonchev–Trinajstić information content (AvgIpc) is 2.08. The molecule has 1 heterocycles. The summed E-state index contributed by atoms with van der Waals surface area (Å²) in [6.07, 6.45) is 0.118. The van der Waals surface area contributed by atoms with Gasteiger partial charge in [0, 0.05) is 14.0 Å². The van der Waals surface area contributed by atoms with Crippen LogP contribution >= 0.6 is 0 Å². The van der Waals surface area contributed by atoms with Gasteiger partial charge in [-0.25, -0.2) is 0 Å². The highest BCUT2D eigenvalue weighted by Gasteiger charge is 2.33. The van der Waals surface area contributed by atoms with E-state index in [2.05, 4.69) is 5.32 Å². The van der Waals surface area contributed by atoms with Gasteiger partial charge >= 0.3 is 0 Å². The number of aliphatic hydroxyl groups is 1. The first kappa shape index (κ1) is 11.0. The molecule has 3 unspecified atom stereocenters. The highest BCUT2D eigenvalue weighted by Crippen LogP contribution is 2.18. The summed E-state index contributed by atoms with van der Waals surface area (Å²) in [7, 11) is 1.46. The fraction of sp³-hybridized carbons (Fsp3) is 0.667. The van der Waals surface area contributed by atoms with E-state index in [1.165, 1.54) is 20.1 Å². The summed E-state index contributed by atoms with van der Waals surface area (Å²) >= 11 is 0. The number of aliphatic hydroxyl groups excluding tert-OH is 1. The zero-order valence-electron chi connectivity index (χ0n) is 8.48. The van der Waals surface area contributed by atoms with Crippen LogP contribution in [0.5, 0.6) is 0 Å². The minimum atomic E-state index is -0.780. The number of hydrogen-bond donors (Lipinski definition) is 2. The van der Waals surface area contributed by atoms with E-state index in [0.717, 1.165) is 0 Å². The monoisotopic (exact) mass is 201 g/mol. The Kier molecular flexibility index (Phi) is 3.49. The summed E-state index contributed by atoms with van der Waals surface area (Å²) in [6, 6.07) is -0.554. The van der Waals surface area contributed by atoms with Crippen LogP contribution in [0, 0.1) is 0 Å². The van der Waals surface area contributed by atoms with Gasteiger partial charge in [0.2, 0.25) is 12.2 Å². The Labute approximate surface area is 82.7 Å². The van der Waals surface area contributed by atoms with Crippen molar-refractivity contribution >= 4 is 5.91 Å². The fourth-order valence-electron chi connectivity index (χ4n) is 1.38. The number of allylic oxidation sites excluding steroid dienone is 1. The summed E-state index contributed by atoms with van der Waals surface area (Å²) in [5.41, 5.74) is 0. The normalized spacial score (nSPS) is 31.7. The second-order valence-corrected chi connectivity index (χ2v) is 3.22. The lowest BCUT2D eigenvalue weighted by Gasteiger charge is -2.33. The van der Waals surface area contributed by atoms with Crippen molar-refractivity contribution in [2.24, 2.45) is 0 Å². The molecule has 3 atom stereocenters. The highest BCUT2D eigenvalue weighted by molar-refractivity contribution is 5.73. The van der Waals surface area contributed by atoms with Crippen LogP contribution in [0.1, 0.15) is 13.8 Å². The highest BCUT2D eigenvalue weighted by atomic mass is 16.7.